The highest BCUT2D eigenvalue weighted by atomic mass is 32.1. The van der Waals surface area contributed by atoms with Crippen LogP contribution in [-0.2, 0) is 0 Å². The molecule has 1 aliphatic carbocycles. The Kier molecular flexibility index (Phi) is 5.95. The summed E-state index contributed by atoms with van der Waals surface area (Å²) in [6, 6.07) is 9.21. The van der Waals surface area contributed by atoms with Crippen molar-refractivity contribution in [3.63, 3.8) is 0 Å². The molecule has 1 aliphatic heterocycles. The number of aromatic nitrogens is 5. The van der Waals surface area contributed by atoms with Crippen LogP contribution >= 0.6 is 11.3 Å². The Labute approximate surface area is 182 Å². The molecule has 30 heavy (non-hydrogen) atoms. The van der Waals surface area contributed by atoms with Gasteiger partial charge in [-0.25, -0.2) is 9.67 Å². The van der Waals surface area contributed by atoms with E-state index in [1.807, 2.05) is 0 Å². The zero-order valence-electron chi connectivity index (χ0n) is 17.8. The standard InChI is InChI=1S/C22H31N7S/c1-2-8-19(21-24-25-26-29(21)17-9-4-3-5-10-17)27-13-15-28(16-14-27)22-23-18-11-6-7-12-20(18)30-22/h6-7,11-12,17,19H,2-5,8-10,13-16H2,1H3/t19-/m0/s1. The van der Waals surface area contributed by atoms with Crippen LogP contribution in [-0.4, -0.2) is 56.3 Å². The monoisotopic (exact) mass is 425 g/mol. The zero-order valence-corrected chi connectivity index (χ0v) is 18.6. The summed E-state index contributed by atoms with van der Waals surface area (Å²) in [6.45, 7) is 6.32. The highest BCUT2D eigenvalue weighted by molar-refractivity contribution is 7.22. The molecule has 0 amide bonds. The Hall–Kier alpha value is -2.06. The first-order valence-corrected chi connectivity index (χ1v) is 12.3. The number of fused-ring (bicyclic) bond motifs is 1. The van der Waals surface area contributed by atoms with E-state index in [1.165, 1.54) is 36.8 Å². The van der Waals surface area contributed by atoms with Gasteiger partial charge in [-0.15, -0.1) is 5.10 Å². The van der Waals surface area contributed by atoms with E-state index in [2.05, 4.69) is 61.2 Å². The van der Waals surface area contributed by atoms with Gasteiger partial charge >= 0.3 is 0 Å². The first kappa shape index (κ1) is 19.9. The molecule has 1 aromatic carbocycles. The molecule has 0 radical (unpaired) electrons. The van der Waals surface area contributed by atoms with Crippen LogP contribution < -0.4 is 4.90 Å². The average Bonchev–Trinajstić information content (AvgIpc) is 3.45. The topological polar surface area (TPSA) is 63.0 Å². The van der Waals surface area contributed by atoms with E-state index in [9.17, 15) is 0 Å². The lowest BCUT2D eigenvalue weighted by molar-refractivity contribution is 0.158. The van der Waals surface area contributed by atoms with E-state index >= 15 is 0 Å². The second-order valence-corrected chi connectivity index (χ2v) is 9.57. The van der Waals surface area contributed by atoms with Crippen LogP contribution in [0.2, 0.25) is 0 Å². The highest BCUT2D eigenvalue weighted by Gasteiger charge is 2.31. The molecule has 2 aliphatic rings. The molecule has 0 bridgehead atoms. The largest absolute Gasteiger partial charge is 0.345 e. The van der Waals surface area contributed by atoms with Crippen molar-refractivity contribution >= 4 is 26.7 Å². The average molecular weight is 426 g/mol. The quantitative estimate of drug-likeness (QED) is 0.581. The van der Waals surface area contributed by atoms with Crippen molar-refractivity contribution in [3.05, 3.63) is 30.1 Å². The summed E-state index contributed by atoms with van der Waals surface area (Å²) >= 11 is 1.80. The Morgan fingerprint density at radius 3 is 2.63 bits per heavy atom. The minimum atomic E-state index is 0.310. The molecule has 1 saturated heterocycles. The SMILES string of the molecule is CCC[C@@H](c1nnnn1C1CCCCC1)N1CCN(c2nc3ccccc3s2)CC1. The lowest BCUT2D eigenvalue weighted by atomic mass is 9.95. The fraction of sp³-hybridized carbons (Fsp3) is 0.636. The number of rotatable bonds is 6. The van der Waals surface area contributed by atoms with Gasteiger partial charge in [0.15, 0.2) is 11.0 Å². The summed E-state index contributed by atoms with van der Waals surface area (Å²) in [7, 11) is 0. The molecule has 2 fully saturated rings. The van der Waals surface area contributed by atoms with Gasteiger partial charge in [0.1, 0.15) is 0 Å². The number of tetrazole rings is 1. The van der Waals surface area contributed by atoms with Gasteiger partial charge in [0.25, 0.3) is 0 Å². The number of anilines is 1. The minimum Gasteiger partial charge on any atom is -0.345 e. The molecule has 8 heteroatoms. The summed E-state index contributed by atoms with van der Waals surface area (Å²) in [6.07, 6.45) is 8.60. The van der Waals surface area contributed by atoms with Crippen LogP contribution in [0, 0.1) is 0 Å². The van der Waals surface area contributed by atoms with Gasteiger partial charge in [0, 0.05) is 26.2 Å². The summed E-state index contributed by atoms with van der Waals surface area (Å²) in [5.41, 5.74) is 1.11. The molecule has 160 valence electrons. The van der Waals surface area contributed by atoms with Gasteiger partial charge in [0.2, 0.25) is 0 Å². The smallest absolute Gasteiger partial charge is 0.186 e. The third-order valence-corrected chi connectivity index (χ3v) is 7.70. The van der Waals surface area contributed by atoms with Crippen LogP contribution in [0.25, 0.3) is 10.2 Å². The van der Waals surface area contributed by atoms with Gasteiger partial charge in [0.05, 0.1) is 22.3 Å². The van der Waals surface area contributed by atoms with E-state index < -0.39 is 0 Å². The second-order valence-electron chi connectivity index (χ2n) is 8.57. The van der Waals surface area contributed by atoms with Crippen molar-refractivity contribution in [2.45, 2.75) is 64.0 Å². The number of benzene rings is 1. The number of para-hydroxylation sites is 1. The van der Waals surface area contributed by atoms with E-state index in [4.69, 9.17) is 4.98 Å². The third kappa shape index (κ3) is 3.95. The molecular weight excluding hydrogens is 394 g/mol. The Morgan fingerprint density at radius 1 is 1.07 bits per heavy atom. The van der Waals surface area contributed by atoms with Crippen LogP contribution in [0.3, 0.4) is 0 Å². The molecule has 0 unspecified atom stereocenters. The maximum Gasteiger partial charge on any atom is 0.186 e. The number of piperazine rings is 1. The van der Waals surface area contributed by atoms with E-state index in [0.29, 0.717) is 12.1 Å². The molecule has 3 heterocycles. The van der Waals surface area contributed by atoms with Gasteiger partial charge in [-0.2, -0.15) is 0 Å². The van der Waals surface area contributed by atoms with Crippen LogP contribution in [0.4, 0.5) is 5.13 Å². The molecule has 0 spiro atoms. The van der Waals surface area contributed by atoms with Crippen molar-refractivity contribution < 1.29 is 0 Å². The molecule has 1 saturated carbocycles. The molecule has 7 nitrogen and oxygen atoms in total. The maximum atomic E-state index is 4.86. The van der Waals surface area contributed by atoms with Crippen LogP contribution in [0.15, 0.2) is 24.3 Å². The molecular formula is C22H31N7S. The number of hydrogen-bond acceptors (Lipinski definition) is 7. The van der Waals surface area contributed by atoms with E-state index in [-0.39, 0.29) is 0 Å². The zero-order chi connectivity index (χ0) is 20.3. The normalized spacial score (nSPS) is 20.1. The highest BCUT2D eigenvalue weighted by Crippen LogP contribution is 2.34. The number of hydrogen-bond donors (Lipinski definition) is 0. The fourth-order valence-electron chi connectivity index (χ4n) is 4.97. The van der Waals surface area contributed by atoms with Crippen molar-refractivity contribution in [2.75, 3.05) is 31.1 Å². The molecule has 3 aromatic rings. The molecule has 2 aromatic heterocycles. The molecule has 5 rings (SSSR count). The van der Waals surface area contributed by atoms with Crippen molar-refractivity contribution in [1.82, 2.24) is 30.1 Å². The predicted molar refractivity (Wildman–Crippen MR) is 121 cm³/mol. The Bertz CT molecular complexity index is 920. The van der Waals surface area contributed by atoms with E-state index in [1.54, 1.807) is 11.3 Å². The minimum absolute atomic E-state index is 0.310. The van der Waals surface area contributed by atoms with E-state index in [0.717, 1.165) is 55.5 Å². The lowest BCUT2D eigenvalue weighted by Gasteiger charge is -2.39. The maximum absolute atomic E-state index is 4.86. The molecule has 1 atom stereocenters. The third-order valence-electron chi connectivity index (χ3n) is 6.61. The number of nitrogens with zero attached hydrogens (tertiary/aromatic N) is 7. The van der Waals surface area contributed by atoms with Crippen molar-refractivity contribution in [1.29, 1.82) is 0 Å². The first-order chi connectivity index (χ1) is 14.8. The summed E-state index contributed by atoms with van der Waals surface area (Å²) in [5.74, 6) is 1.08. The first-order valence-electron chi connectivity index (χ1n) is 11.5. The van der Waals surface area contributed by atoms with Gasteiger partial charge in [-0.05, 0) is 41.8 Å². The van der Waals surface area contributed by atoms with Crippen molar-refractivity contribution in [3.8, 4) is 0 Å². The fourth-order valence-corrected chi connectivity index (χ4v) is 5.99. The predicted octanol–water partition coefficient (Wildman–Crippen LogP) is 4.45. The summed E-state index contributed by atoms with van der Waals surface area (Å²) in [4.78, 5) is 9.89. The van der Waals surface area contributed by atoms with Gasteiger partial charge < -0.3 is 4.90 Å². The van der Waals surface area contributed by atoms with Crippen LogP contribution in [0.5, 0.6) is 0 Å². The number of thiazole rings is 1. The summed E-state index contributed by atoms with van der Waals surface area (Å²) < 4.78 is 3.44. The molecule has 0 N–H and O–H groups in total. The second kappa shape index (κ2) is 8.98. The Balaban J connectivity index is 1.30. The van der Waals surface area contributed by atoms with Gasteiger partial charge in [-0.1, -0.05) is 56.1 Å². The van der Waals surface area contributed by atoms with Crippen molar-refractivity contribution in [2.24, 2.45) is 0 Å². The van der Waals surface area contributed by atoms with Crippen LogP contribution in [0.1, 0.15) is 69.8 Å². The van der Waals surface area contributed by atoms with Gasteiger partial charge in [-0.3, -0.25) is 4.90 Å². The summed E-state index contributed by atoms with van der Waals surface area (Å²) in [5, 5.41) is 14.2. The lowest BCUT2D eigenvalue weighted by Crippen LogP contribution is -2.48. The Morgan fingerprint density at radius 2 is 1.87 bits per heavy atom.